The molecule has 1 unspecified atom stereocenters. The van der Waals surface area contributed by atoms with Crippen molar-refractivity contribution in [1.29, 1.82) is 0 Å². The molecular weight excluding hydrogens is 340 g/mol. The Bertz CT molecular complexity index is 568. The van der Waals surface area contributed by atoms with Crippen molar-refractivity contribution in [2.24, 2.45) is 5.92 Å². The van der Waals surface area contributed by atoms with Crippen LogP contribution in [0.15, 0.2) is 11.5 Å². The third-order valence-electron chi connectivity index (χ3n) is 4.53. The molecule has 25 heavy (non-hydrogen) atoms. The average molecular weight is 369 g/mol. The molecular formula is C17H28N4O3S. The first kappa shape index (κ1) is 19.8. The molecule has 0 radical (unpaired) electrons. The SMILES string of the molecule is CCOC(=O)C(Sc1ncn(C(=O)N(CC)CC)n1)C1CCCCC1. The van der Waals surface area contributed by atoms with Gasteiger partial charge in [-0.25, -0.2) is 9.78 Å². The fourth-order valence-corrected chi connectivity index (χ4v) is 4.24. The highest BCUT2D eigenvalue weighted by atomic mass is 32.2. The van der Waals surface area contributed by atoms with Crippen LogP contribution in [0.4, 0.5) is 4.79 Å². The number of carbonyl (C=O) groups is 2. The van der Waals surface area contributed by atoms with E-state index in [0.717, 1.165) is 25.7 Å². The number of amides is 1. The van der Waals surface area contributed by atoms with Gasteiger partial charge in [0.15, 0.2) is 0 Å². The molecule has 0 aliphatic heterocycles. The van der Waals surface area contributed by atoms with E-state index in [0.29, 0.717) is 24.9 Å². The van der Waals surface area contributed by atoms with Crippen LogP contribution in [0.5, 0.6) is 0 Å². The van der Waals surface area contributed by atoms with Gasteiger partial charge in [-0.3, -0.25) is 4.79 Å². The molecule has 7 nitrogen and oxygen atoms in total. The number of carbonyl (C=O) groups excluding carboxylic acids is 2. The Kier molecular flexibility index (Phi) is 7.74. The van der Waals surface area contributed by atoms with Crippen LogP contribution in [-0.4, -0.2) is 56.6 Å². The third-order valence-corrected chi connectivity index (χ3v) is 5.76. The molecule has 1 amide bonds. The molecule has 1 aromatic heterocycles. The minimum atomic E-state index is -0.306. The van der Waals surface area contributed by atoms with Crippen LogP contribution in [0, 0.1) is 5.92 Å². The van der Waals surface area contributed by atoms with Crippen LogP contribution in [0.2, 0.25) is 0 Å². The van der Waals surface area contributed by atoms with E-state index in [-0.39, 0.29) is 23.2 Å². The Labute approximate surface area is 153 Å². The van der Waals surface area contributed by atoms with Crippen molar-refractivity contribution in [2.45, 2.75) is 63.3 Å². The van der Waals surface area contributed by atoms with Gasteiger partial charge in [0, 0.05) is 13.1 Å². The number of ether oxygens (including phenoxy) is 1. The second-order valence-electron chi connectivity index (χ2n) is 6.12. The first-order valence-electron chi connectivity index (χ1n) is 9.14. The van der Waals surface area contributed by atoms with E-state index in [1.807, 2.05) is 20.8 Å². The van der Waals surface area contributed by atoms with Crippen molar-refractivity contribution in [2.75, 3.05) is 19.7 Å². The average Bonchev–Trinajstić information content (AvgIpc) is 3.10. The van der Waals surface area contributed by atoms with E-state index in [1.54, 1.807) is 4.90 Å². The highest BCUT2D eigenvalue weighted by Gasteiger charge is 2.33. The fraction of sp³-hybridized carbons (Fsp3) is 0.765. The Morgan fingerprint density at radius 1 is 1.28 bits per heavy atom. The standard InChI is InChI=1S/C17H28N4O3S/c1-4-20(5-2)17(23)21-12-18-16(19-21)25-14(15(22)24-6-3)13-10-8-7-9-11-13/h12-14H,4-11H2,1-3H3. The van der Waals surface area contributed by atoms with Crippen molar-refractivity contribution in [3.63, 3.8) is 0 Å². The zero-order chi connectivity index (χ0) is 18.2. The van der Waals surface area contributed by atoms with Crippen LogP contribution in [0.25, 0.3) is 0 Å². The largest absolute Gasteiger partial charge is 0.465 e. The molecule has 0 bridgehead atoms. The quantitative estimate of drug-likeness (QED) is 0.543. The maximum absolute atomic E-state index is 12.4. The minimum Gasteiger partial charge on any atom is -0.465 e. The van der Waals surface area contributed by atoms with Crippen molar-refractivity contribution in [3.8, 4) is 0 Å². The highest BCUT2D eigenvalue weighted by Crippen LogP contribution is 2.35. The summed E-state index contributed by atoms with van der Waals surface area (Å²) in [5.41, 5.74) is 0. The van der Waals surface area contributed by atoms with Crippen LogP contribution in [-0.2, 0) is 9.53 Å². The van der Waals surface area contributed by atoms with Crippen LogP contribution in [0.3, 0.4) is 0 Å². The van der Waals surface area contributed by atoms with E-state index in [9.17, 15) is 9.59 Å². The zero-order valence-electron chi connectivity index (χ0n) is 15.3. The summed E-state index contributed by atoms with van der Waals surface area (Å²) < 4.78 is 6.51. The lowest BCUT2D eigenvalue weighted by Gasteiger charge is -2.27. The molecule has 0 spiro atoms. The summed E-state index contributed by atoms with van der Waals surface area (Å²) in [5.74, 6) is 0.0778. The molecule has 8 heteroatoms. The molecule has 0 saturated heterocycles. The maximum Gasteiger partial charge on any atom is 0.346 e. The number of rotatable bonds is 7. The molecule has 0 aromatic carbocycles. The summed E-state index contributed by atoms with van der Waals surface area (Å²) in [5, 5.41) is 4.42. The van der Waals surface area contributed by atoms with Crippen LogP contribution in [0.1, 0.15) is 52.9 Å². The number of thioether (sulfide) groups is 1. The molecule has 1 aliphatic rings. The highest BCUT2D eigenvalue weighted by molar-refractivity contribution is 8.00. The number of hydrogen-bond donors (Lipinski definition) is 0. The molecule has 2 rings (SSSR count). The van der Waals surface area contributed by atoms with Gasteiger partial charge >= 0.3 is 12.0 Å². The Morgan fingerprint density at radius 3 is 2.56 bits per heavy atom. The lowest BCUT2D eigenvalue weighted by Crippen LogP contribution is -2.34. The predicted molar refractivity (Wildman–Crippen MR) is 96.6 cm³/mol. The van der Waals surface area contributed by atoms with Gasteiger partial charge in [-0.05, 0) is 39.5 Å². The first-order valence-corrected chi connectivity index (χ1v) is 10.0. The van der Waals surface area contributed by atoms with Gasteiger partial charge in [0.1, 0.15) is 11.6 Å². The summed E-state index contributed by atoms with van der Waals surface area (Å²) in [6.07, 6.45) is 6.98. The number of nitrogens with zero attached hydrogens (tertiary/aromatic N) is 4. The topological polar surface area (TPSA) is 77.3 Å². The summed E-state index contributed by atoms with van der Waals surface area (Å²) in [6.45, 7) is 7.26. The van der Waals surface area contributed by atoms with Crippen molar-refractivity contribution >= 4 is 23.8 Å². The van der Waals surface area contributed by atoms with Gasteiger partial charge in [0.05, 0.1) is 6.61 Å². The van der Waals surface area contributed by atoms with E-state index < -0.39 is 0 Å². The van der Waals surface area contributed by atoms with Crippen molar-refractivity contribution in [1.82, 2.24) is 19.7 Å². The first-order chi connectivity index (χ1) is 12.1. The summed E-state index contributed by atoms with van der Waals surface area (Å²) in [4.78, 5) is 30.6. The molecule has 1 aliphatic carbocycles. The number of aromatic nitrogens is 3. The molecule has 140 valence electrons. The summed E-state index contributed by atoms with van der Waals surface area (Å²) in [7, 11) is 0. The Hall–Kier alpha value is -1.57. The zero-order valence-corrected chi connectivity index (χ0v) is 16.1. The molecule has 1 heterocycles. The van der Waals surface area contributed by atoms with Crippen LogP contribution < -0.4 is 0 Å². The molecule has 0 N–H and O–H groups in total. The smallest absolute Gasteiger partial charge is 0.346 e. The van der Waals surface area contributed by atoms with Crippen LogP contribution >= 0.6 is 11.8 Å². The van der Waals surface area contributed by atoms with Gasteiger partial charge in [0.25, 0.3) is 0 Å². The van der Waals surface area contributed by atoms with E-state index >= 15 is 0 Å². The van der Waals surface area contributed by atoms with Crippen molar-refractivity contribution in [3.05, 3.63) is 6.33 Å². The lowest BCUT2D eigenvalue weighted by atomic mass is 9.87. The van der Waals surface area contributed by atoms with Gasteiger partial charge < -0.3 is 9.64 Å². The number of hydrogen-bond acceptors (Lipinski definition) is 6. The third kappa shape index (κ3) is 5.20. The molecule has 1 atom stereocenters. The molecule has 1 fully saturated rings. The van der Waals surface area contributed by atoms with Gasteiger partial charge in [-0.15, -0.1) is 5.10 Å². The lowest BCUT2D eigenvalue weighted by molar-refractivity contribution is -0.143. The second-order valence-corrected chi connectivity index (χ2v) is 7.22. The molecule has 1 saturated carbocycles. The predicted octanol–water partition coefficient (Wildman–Crippen LogP) is 3.19. The normalized spacial score (nSPS) is 16.4. The number of esters is 1. The van der Waals surface area contributed by atoms with Gasteiger partial charge in [-0.1, -0.05) is 31.0 Å². The van der Waals surface area contributed by atoms with E-state index in [1.165, 1.54) is 29.2 Å². The van der Waals surface area contributed by atoms with Gasteiger partial charge in [0.2, 0.25) is 5.16 Å². The molecule has 1 aromatic rings. The second kappa shape index (κ2) is 9.79. The fourth-order valence-electron chi connectivity index (χ4n) is 3.14. The van der Waals surface area contributed by atoms with Gasteiger partial charge in [-0.2, -0.15) is 4.68 Å². The monoisotopic (exact) mass is 368 g/mol. The van der Waals surface area contributed by atoms with E-state index in [4.69, 9.17) is 4.74 Å². The Balaban J connectivity index is 2.10. The van der Waals surface area contributed by atoms with E-state index in [2.05, 4.69) is 10.1 Å². The maximum atomic E-state index is 12.4. The summed E-state index contributed by atoms with van der Waals surface area (Å²) >= 11 is 1.32. The van der Waals surface area contributed by atoms with Crippen molar-refractivity contribution < 1.29 is 14.3 Å². The minimum absolute atomic E-state index is 0.199. The summed E-state index contributed by atoms with van der Waals surface area (Å²) in [6, 6.07) is -0.199. The Morgan fingerprint density at radius 2 is 1.96 bits per heavy atom.